The van der Waals surface area contributed by atoms with E-state index in [0.717, 1.165) is 12.3 Å². The number of hydrogen-bond acceptors (Lipinski definition) is 5. The smallest absolute Gasteiger partial charge is 0.157 e. The van der Waals surface area contributed by atoms with Crippen LogP contribution in [0, 0.1) is 0 Å². The molecule has 2 N–H and O–H groups in total. The molecule has 1 saturated heterocycles. The zero-order valence-electron chi connectivity index (χ0n) is 14.7. The summed E-state index contributed by atoms with van der Waals surface area (Å²) in [4.78, 5) is 0. The van der Waals surface area contributed by atoms with Crippen molar-refractivity contribution in [3.8, 4) is 5.75 Å². The van der Waals surface area contributed by atoms with Gasteiger partial charge in [0.2, 0.25) is 0 Å². The molecule has 1 aromatic carbocycles. The number of methoxy groups -OCH3 is 1. The lowest BCUT2D eigenvalue weighted by Gasteiger charge is -2.20. The van der Waals surface area contributed by atoms with Gasteiger partial charge in [0.15, 0.2) is 5.75 Å². The number of hydrogen-bond donors (Lipinski definition) is 2. The van der Waals surface area contributed by atoms with Gasteiger partial charge in [0, 0.05) is 13.7 Å². The second kappa shape index (κ2) is 8.80. The van der Waals surface area contributed by atoms with Gasteiger partial charge in [-0.3, -0.25) is 5.10 Å². The van der Waals surface area contributed by atoms with Crippen LogP contribution in [0.4, 0.5) is 0 Å². The van der Waals surface area contributed by atoms with Crippen molar-refractivity contribution in [3.63, 3.8) is 0 Å². The molecule has 6 nitrogen and oxygen atoms in total. The lowest BCUT2D eigenvalue weighted by molar-refractivity contribution is 0.139. The van der Waals surface area contributed by atoms with E-state index in [2.05, 4.69) is 40.6 Å². The molecule has 2 heterocycles. The van der Waals surface area contributed by atoms with Gasteiger partial charge in [-0.25, -0.2) is 0 Å². The highest BCUT2D eigenvalue weighted by atomic mass is 16.5. The van der Waals surface area contributed by atoms with E-state index in [1.165, 1.54) is 16.7 Å². The van der Waals surface area contributed by atoms with Gasteiger partial charge >= 0.3 is 0 Å². The molecule has 2 atom stereocenters. The molecule has 1 fully saturated rings. The summed E-state index contributed by atoms with van der Waals surface area (Å²) in [5.41, 5.74) is 3.63. The summed E-state index contributed by atoms with van der Waals surface area (Å²) in [6.45, 7) is 4.75. The summed E-state index contributed by atoms with van der Waals surface area (Å²) in [7, 11) is 1.72. The molecule has 0 spiro atoms. The summed E-state index contributed by atoms with van der Waals surface area (Å²) < 4.78 is 16.7. The fourth-order valence-electron chi connectivity index (χ4n) is 2.89. The summed E-state index contributed by atoms with van der Waals surface area (Å²) >= 11 is 0. The Labute approximate surface area is 148 Å². The highest BCUT2D eigenvalue weighted by Crippen LogP contribution is 2.17. The predicted octanol–water partition coefficient (Wildman–Crippen LogP) is 2.40. The molecule has 134 valence electrons. The molecule has 6 heteroatoms. The van der Waals surface area contributed by atoms with Crippen molar-refractivity contribution in [1.82, 2.24) is 15.5 Å². The lowest BCUT2D eigenvalue weighted by Crippen LogP contribution is -2.42. The van der Waals surface area contributed by atoms with Crippen LogP contribution in [0.3, 0.4) is 0 Å². The first kappa shape index (κ1) is 17.7. The topological polar surface area (TPSA) is 68.4 Å². The third kappa shape index (κ3) is 4.92. The average molecular weight is 343 g/mol. The predicted molar refractivity (Wildman–Crippen MR) is 96.4 cm³/mol. The number of rotatable bonds is 8. The first-order valence-corrected chi connectivity index (χ1v) is 8.47. The quantitative estimate of drug-likeness (QED) is 0.770. The summed E-state index contributed by atoms with van der Waals surface area (Å²) in [6.07, 6.45) is 5.61. The van der Waals surface area contributed by atoms with Crippen molar-refractivity contribution in [2.75, 3.05) is 26.9 Å². The summed E-state index contributed by atoms with van der Waals surface area (Å²) in [5, 5.41) is 10.2. The van der Waals surface area contributed by atoms with Crippen molar-refractivity contribution in [2.45, 2.75) is 25.7 Å². The zero-order chi connectivity index (χ0) is 17.5. The van der Waals surface area contributed by atoms with Crippen LogP contribution in [0.15, 0.2) is 42.2 Å². The number of nitrogens with one attached hydrogen (secondary N) is 2. The molecule has 1 aliphatic rings. The van der Waals surface area contributed by atoms with Gasteiger partial charge in [-0.15, -0.1) is 0 Å². The first-order valence-electron chi connectivity index (χ1n) is 8.47. The maximum Gasteiger partial charge on any atom is 0.157 e. The average Bonchev–Trinajstić information content (AvgIpc) is 3.27. The van der Waals surface area contributed by atoms with Crippen LogP contribution < -0.4 is 10.1 Å². The van der Waals surface area contributed by atoms with E-state index in [1.54, 1.807) is 19.5 Å². The number of ether oxygens (including phenoxy) is 3. The minimum absolute atomic E-state index is 0.00817. The Hall–Kier alpha value is -2.15. The highest BCUT2D eigenvalue weighted by molar-refractivity contribution is 5.56. The molecule has 0 unspecified atom stereocenters. The summed E-state index contributed by atoms with van der Waals surface area (Å²) in [6, 6.07) is 8.45. The van der Waals surface area contributed by atoms with Crippen molar-refractivity contribution >= 4 is 6.08 Å². The third-order valence-electron chi connectivity index (χ3n) is 4.19. The van der Waals surface area contributed by atoms with Gasteiger partial charge < -0.3 is 19.5 Å². The minimum atomic E-state index is -0.00817. The van der Waals surface area contributed by atoms with Gasteiger partial charge in [0.05, 0.1) is 38.3 Å². The number of aromatic nitrogens is 2. The van der Waals surface area contributed by atoms with Gasteiger partial charge in [-0.2, -0.15) is 5.10 Å². The Bertz CT molecular complexity index is 685. The molecular formula is C19H25N3O3. The molecule has 0 bridgehead atoms. The maximum absolute atomic E-state index is 5.91. The molecule has 1 aliphatic heterocycles. The molecule has 25 heavy (non-hydrogen) atoms. The van der Waals surface area contributed by atoms with Crippen LogP contribution >= 0.6 is 0 Å². The number of aromatic amines is 1. The van der Waals surface area contributed by atoms with Crippen molar-refractivity contribution in [1.29, 1.82) is 0 Å². The zero-order valence-corrected chi connectivity index (χ0v) is 14.7. The highest BCUT2D eigenvalue weighted by Gasteiger charge is 2.29. The molecule has 0 saturated carbocycles. The van der Waals surface area contributed by atoms with Crippen LogP contribution in [0.1, 0.15) is 18.1 Å². The van der Waals surface area contributed by atoms with E-state index in [1.807, 2.05) is 12.1 Å². The maximum atomic E-state index is 5.91. The minimum Gasteiger partial charge on any atom is -0.483 e. The van der Waals surface area contributed by atoms with Crippen LogP contribution in [0.2, 0.25) is 0 Å². The van der Waals surface area contributed by atoms with Gasteiger partial charge in [-0.05, 0) is 18.1 Å². The third-order valence-corrected chi connectivity index (χ3v) is 4.19. The lowest BCUT2D eigenvalue weighted by atomic mass is 10.1. The molecule has 2 aromatic rings. The van der Waals surface area contributed by atoms with Crippen LogP contribution in [-0.2, 0) is 16.1 Å². The van der Waals surface area contributed by atoms with Crippen LogP contribution in [0.5, 0.6) is 5.75 Å². The van der Waals surface area contributed by atoms with Crippen molar-refractivity contribution in [3.05, 3.63) is 53.4 Å². The molecule has 3 rings (SSSR count). The van der Waals surface area contributed by atoms with Crippen molar-refractivity contribution < 1.29 is 14.2 Å². The fourth-order valence-corrected chi connectivity index (χ4v) is 2.89. The Kier molecular flexibility index (Phi) is 6.22. The first-order chi connectivity index (χ1) is 12.3. The number of benzene rings is 1. The molecular weight excluding hydrogens is 318 g/mol. The number of H-pyrrole nitrogens is 1. The SMILES string of the molecule is COCc1ccccc1/C=C(\C)CN[C@H]1COC[C@H]1Oc1cn[nH]c1. The van der Waals surface area contributed by atoms with Gasteiger partial charge in [0.1, 0.15) is 6.10 Å². The van der Waals surface area contributed by atoms with E-state index in [9.17, 15) is 0 Å². The van der Waals surface area contributed by atoms with Gasteiger partial charge in [0.25, 0.3) is 0 Å². The normalized spacial score (nSPS) is 20.8. The second-order valence-corrected chi connectivity index (χ2v) is 6.24. The molecule has 1 aromatic heterocycles. The Morgan fingerprint density at radius 3 is 3.08 bits per heavy atom. The van der Waals surface area contributed by atoms with E-state index in [4.69, 9.17) is 14.2 Å². The Morgan fingerprint density at radius 1 is 1.40 bits per heavy atom. The largest absolute Gasteiger partial charge is 0.483 e. The molecule has 0 aliphatic carbocycles. The summed E-state index contributed by atoms with van der Waals surface area (Å²) in [5.74, 6) is 0.739. The molecule has 0 amide bonds. The van der Waals surface area contributed by atoms with E-state index < -0.39 is 0 Å². The monoisotopic (exact) mass is 343 g/mol. The number of nitrogens with zero attached hydrogens (tertiary/aromatic N) is 1. The molecule has 0 radical (unpaired) electrons. The van der Waals surface area contributed by atoms with Crippen LogP contribution in [0.25, 0.3) is 6.08 Å². The Morgan fingerprint density at radius 2 is 2.28 bits per heavy atom. The van der Waals surface area contributed by atoms with E-state index in [0.29, 0.717) is 19.8 Å². The van der Waals surface area contributed by atoms with E-state index in [-0.39, 0.29) is 12.1 Å². The Balaban J connectivity index is 1.57. The van der Waals surface area contributed by atoms with Gasteiger partial charge in [-0.1, -0.05) is 35.9 Å². The fraction of sp³-hybridized carbons (Fsp3) is 0.421. The van der Waals surface area contributed by atoms with Crippen molar-refractivity contribution in [2.24, 2.45) is 0 Å². The second-order valence-electron chi connectivity index (χ2n) is 6.24. The van der Waals surface area contributed by atoms with E-state index >= 15 is 0 Å². The standard InChI is InChI=1S/C19H25N3O3/c1-14(7-15-5-3-4-6-16(15)11-23-2)8-20-18-12-24-13-19(18)25-17-9-21-22-10-17/h3-7,9-10,18-20H,8,11-13H2,1-2H3,(H,21,22)/b14-7+/t18-,19+/m0/s1. The van der Waals surface area contributed by atoms with Crippen LogP contribution in [-0.4, -0.2) is 49.2 Å².